The number of ketones is 1. The van der Waals surface area contributed by atoms with Crippen molar-refractivity contribution in [3.63, 3.8) is 0 Å². The lowest BCUT2D eigenvalue weighted by molar-refractivity contribution is -0.142. The molecule has 0 saturated carbocycles. The number of hydrogen-bond acceptors (Lipinski definition) is 4. The van der Waals surface area contributed by atoms with Crippen LogP contribution in [0.15, 0.2) is 0 Å². The van der Waals surface area contributed by atoms with Crippen LogP contribution < -0.4 is 0 Å². The van der Waals surface area contributed by atoms with Gasteiger partial charge in [-0.25, -0.2) is 0 Å². The van der Waals surface area contributed by atoms with E-state index < -0.39 is 0 Å². The van der Waals surface area contributed by atoms with Gasteiger partial charge in [-0.1, -0.05) is 0 Å². The topological polar surface area (TPSA) is 82.7 Å². The molecule has 0 spiro atoms. The van der Waals surface area contributed by atoms with Crippen LogP contribution in [0.3, 0.4) is 0 Å². The summed E-state index contributed by atoms with van der Waals surface area (Å²) < 4.78 is 5.46. The lowest BCUT2D eigenvalue weighted by Crippen LogP contribution is -2.53. The predicted molar refractivity (Wildman–Crippen MR) is 91.7 cm³/mol. The molecule has 2 aliphatic heterocycles. The van der Waals surface area contributed by atoms with E-state index in [0.29, 0.717) is 49.6 Å². The van der Waals surface area contributed by atoms with Gasteiger partial charge in [0.15, 0.2) is 5.78 Å². The number of aromatic amines is 1. The van der Waals surface area contributed by atoms with E-state index in [1.807, 2.05) is 0 Å². The molecular formula is C18H25N3O4. The zero-order valence-corrected chi connectivity index (χ0v) is 15.1. The highest BCUT2D eigenvalue weighted by Gasteiger charge is 2.32. The molecule has 2 fully saturated rings. The number of ether oxygens (including phenoxy) is 1. The number of amides is 2. The van der Waals surface area contributed by atoms with Gasteiger partial charge in [-0.15, -0.1) is 0 Å². The Bertz CT molecular complexity index is 695. The van der Waals surface area contributed by atoms with Crippen molar-refractivity contribution in [2.24, 2.45) is 0 Å². The summed E-state index contributed by atoms with van der Waals surface area (Å²) in [5.74, 6) is -0.120. The highest BCUT2D eigenvalue weighted by Crippen LogP contribution is 2.21. The third-order valence-corrected chi connectivity index (χ3v) is 5.09. The number of H-pyrrole nitrogens is 1. The van der Waals surface area contributed by atoms with Gasteiger partial charge in [-0.3, -0.25) is 14.4 Å². The predicted octanol–water partition coefficient (Wildman–Crippen LogP) is 1.30. The lowest BCUT2D eigenvalue weighted by Gasteiger charge is -2.35. The molecule has 7 heteroatoms. The summed E-state index contributed by atoms with van der Waals surface area (Å²) in [6.45, 7) is 7.77. The number of hydrogen-bond donors (Lipinski definition) is 1. The minimum Gasteiger partial charge on any atom is -0.368 e. The Hall–Kier alpha value is -2.15. The van der Waals surface area contributed by atoms with Crippen LogP contribution in [0.5, 0.6) is 0 Å². The van der Waals surface area contributed by atoms with Crippen molar-refractivity contribution < 1.29 is 19.1 Å². The summed E-state index contributed by atoms with van der Waals surface area (Å²) in [5, 5.41) is 0. The molecule has 25 heavy (non-hydrogen) atoms. The smallest absolute Gasteiger partial charge is 0.270 e. The van der Waals surface area contributed by atoms with Gasteiger partial charge in [0.2, 0.25) is 0 Å². The first-order chi connectivity index (χ1) is 11.9. The normalized spacial score (nSPS) is 20.8. The van der Waals surface area contributed by atoms with Crippen molar-refractivity contribution in [2.45, 2.75) is 39.7 Å². The molecule has 0 bridgehead atoms. The van der Waals surface area contributed by atoms with Gasteiger partial charge in [0.25, 0.3) is 11.8 Å². The van der Waals surface area contributed by atoms with Crippen LogP contribution in [-0.2, 0) is 9.53 Å². The molecule has 1 atom stereocenters. The Morgan fingerprint density at radius 1 is 1.08 bits per heavy atom. The summed E-state index contributed by atoms with van der Waals surface area (Å²) in [4.78, 5) is 43.5. The molecule has 2 amide bonds. The maximum atomic E-state index is 12.8. The monoisotopic (exact) mass is 347 g/mol. The minimum atomic E-state index is -0.311. The summed E-state index contributed by atoms with van der Waals surface area (Å²) in [6, 6.07) is 0. The van der Waals surface area contributed by atoms with Gasteiger partial charge in [-0.2, -0.15) is 0 Å². The van der Waals surface area contributed by atoms with Crippen LogP contribution in [0.4, 0.5) is 0 Å². The summed E-state index contributed by atoms with van der Waals surface area (Å²) in [5.41, 5.74) is 2.49. The summed E-state index contributed by atoms with van der Waals surface area (Å²) in [6.07, 6.45) is 1.40. The lowest BCUT2D eigenvalue weighted by atomic mass is 10.1. The second-order valence-electron chi connectivity index (χ2n) is 6.80. The fraction of sp³-hybridized carbons (Fsp3) is 0.611. The van der Waals surface area contributed by atoms with Crippen molar-refractivity contribution in [1.29, 1.82) is 0 Å². The van der Waals surface area contributed by atoms with E-state index in [1.165, 1.54) is 6.92 Å². The molecule has 0 aromatic carbocycles. The molecule has 3 heterocycles. The molecule has 3 rings (SSSR count). The molecule has 1 N–H and O–H groups in total. The van der Waals surface area contributed by atoms with Crippen LogP contribution in [0.1, 0.15) is 51.9 Å². The number of rotatable bonds is 3. The average molecular weight is 347 g/mol. The van der Waals surface area contributed by atoms with Gasteiger partial charge < -0.3 is 19.5 Å². The van der Waals surface area contributed by atoms with Crippen molar-refractivity contribution in [3.8, 4) is 0 Å². The Morgan fingerprint density at radius 2 is 1.72 bits per heavy atom. The van der Waals surface area contributed by atoms with Gasteiger partial charge in [0, 0.05) is 44.0 Å². The number of nitrogens with one attached hydrogen (secondary N) is 1. The molecule has 0 radical (unpaired) electrons. The Balaban J connectivity index is 1.65. The van der Waals surface area contributed by atoms with E-state index in [1.54, 1.807) is 23.6 Å². The SMILES string of the molecule is CC(=O)c1c(C)[nH]c(C(=O)N2CCN(C(=O)[C@H]3CCCO3)CC2)c1C. The third kappa shape index (κ3) is 3.33. The largest absolute Gasteiger partial charge is 0.368 e. The quantitative estimate of drug-likeness (QED) is 0.836. The van der Waals surface area contributed by atoms with Crippen molar-refractivity contribution in [1.82, 2.24) is 14.8 Å². The average Bonchev–Trinajstić information content (AvgIpc) is 3.22. The fourth-order valence-corrected chi connectivity index (χ4v) is 3.76. The maximum Gasteiger partial charge on any atom is 0.270 e. The number of aromatic nitrogens is 1. The number of nitrogens with zero attached hydrogens (tertiary/aromatic N) is 2. The van der Waals surface area contributed by atoms with Crippen LogP contribution in [0.2, 0.25) is 0 Å². The molecule has 0 aliphatic carbocycles. The van der Waals surface area contributed by atoms with Crippen molar-refractivity contribution >= 4 is 17.6 Å². The van der Waals surface area contributed by atoms with Crippen LogP contribution >= 0.6 is 0 Å². The number of carbonyl (C=O) groups is 3. The third-order valence-electron chi connectivity index (χ3n) is 5.09. The molecule has 0 unspecified atom stereocenters. The van der Waals surface area contributed by atoms with Gasteiger partial charge in [0.1, 0.15) is 11.8 Å². The zero-order chi connectivity index (χ0) is 18.1. The van der Waals surface area contributed by atoms with Crippen LogP contribution in [0, 0.1) is 13.8 Å². The molecule has 7 nitrogen and oxygen atoms in total. The fourth-order valence-electron chi connectivity index (χ4n) is 3.76. The van der Waals surface area contributed by atoms with Gasteiger partial charge in [0.05, 0.1) is 0 Å². The molecule has 1 aromatic heterocycles. The maximum absolute atomic E-state index is 12.8. The van der Waals surface area contributed by atoms with Crippen LogP contribution in [0.25, 0.3) is 0 Å². The highest BCUT2D eigenvalue weighted by atomic mass is 16.5. The van der Waals surface area contributed by atoms with E-state index in [9.17, 15) is 14.4 Å². The summed E-state index contributed by atoms with van der Waals surface area (Å²) in [7, 11) is 0. The Morgan fingerprint density at radius 3 is 2.24 bits per heavy atom. The standard InChI is InChI=1S/C18H25N3O4/c1-11-15(13(3)22)12(2)19-16(11)18(24)21-8-6-20(7-9-21)17(23)14-5-4-10-25-14/h14,19H,4-10H2,1-3H3/t14-/m1/s1. The minimum absolute atomic E-state index is 0.0374. The first kappa shape index (κ1) is 17.7. The van der Waals surface area contributed by atoms with E-state index in [0.717, 1.165) is 18.5 Å². The first-order valence-electron chi connectivity index (χ1n) is 8.80. The molecule has 1 aromatic rings. The Labute approximate surface area is 147 Å². The first-order valence-corrected chi connectivity index (χ1v) is 8.80. The van der Waals surface area contributed by atoms with E-state index in [-0.39, 0.29) is 23.7 Å². The zero-order valence-electron chi connectivity index (χ0n) is 15.1. The summed E-state index contributed by atoms with van der Waals surface area (Å²) >= 11 is 0. The number of piperazine rings is 1. The second-order valence-corrected chi connectivity index (χ2v) is 6.80. The molecule has 2 saturated heterocycles. The van der Waals surface area contributed by atoms with Crippen LogP contribution in [-0.4, -0.2) is 71.3 Å². The number of carbonyl (C=O) groups excluding carboxylic acids is 3. The van der Waals surface area contributed by atoms with E-state index in [4.69, 9.17) is 4.74 Å². The van der Waals surface area contributed by atoms with E-state index in [2.05, 4.69) is 4.98 Å². The number of Topliss-reactive ketones (excluding diaryl/α,β-unsaturated/α-hetero) is 1. The highest BCUT2D eigenvalue weighted by molar-refractivity contribution is 6.02. The van der Waals surface area contributed by atoms with Gasteiger partial charge in [-0.05, 0) is 39.2 Å². The molecule has 136 valence electrons. The van der Waals surface area contributed by atoms with Gasteiger partial charge >= 0.3 is 0 Å². The molecular weight excluding hydrogens is 322 g/mol. The van der Waals surface area contributed by atoms with Crippen molar-refractivity contribution in [2.75, 3.05) is 32.8 Å². The second kappa shape index (κ2) is 7.00. The van der Waals surface area contributed by atoms with Crippen molar-refractivity contribution in [3.05, 3.63) is 22.5 Å². The Kier molecular flexibility index (Phi) is 4.94. The van der Waals surface area contributed by atoms with E-state index >= 15 is 0 Å². The number of aryl methyl sites for hydroxylation is 1. The molecule has 2 aliphatic rings.